The van der Waals surface area contributed by atoms with Gasteiger partial charge in [-0.05, 0) is 19.4 Å². The molecule has 1 saturated heterocycles. The third kappa shape index (κ3) is 3.37. The van der Waals surface area contributed by atoms with Crippen molar-refractivity contribution in [1.82, 2.24) is 10.2 Å². The largest absolute Gasteiger partial charge is 0.351 e. The van der Waals surface area contributed by atoms with E-state index in [9.17, 15) is 4.79 Å². The molecule has 4 nitrogen and oxygen atoms in total. The van der Waals surface area contributed by atoms with Gasteiger partial charge in [-0.1, -0.05) is 6.08 Å². The molecular weight excluding hydrogens is 190 g/mol. The molecule has 1 aliphatic rings. The van der Waals surface area contributed by atoms with Gasteiger partial charge in [-0.3, -0.25) is 9.69 Å². The summed E-state index contributed by atoms with van der Waals surface area (Å²) in [5.41, 5.74) is 0. The second kappa shape index (κ2) is 6.20. The van der Waals surface area contributed by atoms with Crippen molar-refractivity contribution in [3.05, 3.63) is 12.7 Å². The highest BCUT2D eigenvalue weighted by Crippen LogP contribution is 2.17. The Bertz CT molecular complexity index is 269. The Morgan fingerprint density at radius 3 is 3.20 bits per heavy atom. The van der Waals surface area contributed by atoms with Gasteiger partial charge >= 0.3 is 0 Å². The molecule has 0 aliphatic carbocycles. The van der Waals surface area contributed by atoms with Gasteiger partial charge in [-0.2, -0.15) is 5.26 Å². The number of nitriles is 1. The molecule has 4 heteroatoms. The number of rotatable bonds is 5. The number of hydrogen-bond donors (Lipinski definition) is 1. The predicted molar refractivity (Wildman–Crippen MR) is 58.0 cm³/mol. The Morgan fingerprint density at radius 2 is 2.53 bits per heavy atom. The summed E-state index contributed by atoms with van der Waals surface area (Å²) in [5, 5.41) is 11.3. The van der Waals surface area contributed by atoms with E-state index < -0.39 is 0 Å². The molecule has 0 spiro atoms. The van der Waals surface area contributed by atoms with E-state index in [1.54, 1.807) is 6.08 Å². The second-order valence-corrected chi connectivity index (χ2v) is 3.64. The summed E-state index contributed by atoms with van der Waals surface area (Å²) >= 11 is 0. The van der Waals surface area contributed by atoms with E-state index >= 15 is 0 Å². The van der Waals surface area contributed by atoms with Crippen LogP contribution < -0.4 is 5.32 Å². The Balaban J connectivity index is 2.41. The van der Waals surface area contributed by atoms with Crippen LogP contribution in [0.2, 0.25) is 0 Å². The first-order valence-corrected chi connectivity index (χ1v) is 5.29. The lowest BCUT2D eigenvalue weighted by molar-refractivity contribution is -0.125. The van der Waals surface area contributed by atoms with Crippen LogP contribution >= 0.6 is 0 Å². The van der Waals surface area contributed by atoms with E-state index in [-0.39, 0.29) is 11.9 Å². The van der Waals surface area contributed by atoms with E-state index in [1.165, 1.54) is 0 Å². The molecule has 0 saturated carbocycles. The van der Waals surface area contributed by atoms with Gasteiger partial charge in [0, 0.05) is 19.5 Å². The van der Waals surface area contributed by atoms with Crippen molar-refractivity contribution in [3.8, 4) is 6.07 Å². The van der Waals surface area contributed by atoms with E-state index in [0.717, 1.165) is 19.4 Å². The molecule has 0 aromatic rings. The first-order valence-electron chi connectivity index (χ1n) is 5.29. The van der Waals surface area contributed by atoms with Crippen LogP contribution in [0.4, 0.5) is 0 Å². The van der Waals surface area contributed by atoms with Gasteiger partial charge in [-0.25, -0.2) is 0 Å². The number of nitrogens with one attached hydrogen (secondary N) is 1. The average Bonchev–Trinajstić information content (AvgIpc) is 2.71. The highest BCUT2D eigenvalue weighted by Gasteiger charge is 2.29. The summed E-state index contributed by atoms with van der Waals surface area (Å²) in [5.74, 6) is 0.0605. The molecule has 1 heterocycles. The van der Waals surface area contributed by atoms with Crippen molar-refractivity contribution in [1.29, 1.82) is 5.26 Å². The number of amides is 1. The molecule has 0 unspecified atom stereocenters. The molecular formula is C11H17N3O. The molecule has 1 fully saturated rings. The predicted octanol–water partition coefficient (Wildman–Crippen LogP) is 0.667. The molecule has 0 radical (unpaired) electrons. The lowest BCUT2D eigenvalue weighted by Crippen LogP contribution is -2.43. The van der Waals surface area contributed by atoms with Crippen molar-refractivity contribution in [3.63, 3.8) is 0 Å². The summed E-state index contributed by atoms with van der Waals surface area (Å²) in [4.78, 5) is 13.8. The van der Waals surface area contributed by atoms with Crippen molar-refractivity contribution in [2.75, 3.05) is 19.6 Å². The van der Waals surface area contributed by atoms with Crippen molar-refractivity contribution < 1.29 is 4.79 Å². The SMILES string of the molecule is C=CCNC(=O)[C@@H]1CCCN1CCC#N. The van der Waals surface area contributed by atoms with Gasteiger partial charge in [0.2, 0.25) is 5.91 Å². The fourth-order valence-electron chi connectivity index (χ4n) is 1.87. The fourth-order valence-corrected chi connectivity index (χ4v) is 1.87. The zero-order valence-electron chi connectivity index (χ0n) is 8.91. The molecule has 0 aromatic carbocycles. The summed E-state index contributed by atoms with van der Waals surface area (Å²) in [6, 6.07) is 2.06. The van der Waals surface area contributed by atoms with Crippen LogP contribution in [0.15, 0.2) is 12.7 Å². The normalized spacial score (nSPS) is 20.9. The average molecular weight is 207 g/mol. The zero-order chi connectivity index (χ0) is 11.1. The van der Waals surface area contributed by atoms with Crippen LogP contribution in [-0.2, 0) is 4.79 Å². The Kier molecular flexibility index (Phi) is 4.85. The summed E-state index contributed by atoms with van der Waals surface area (Å²) in [6.45, 7) is 5.69. The minimum Gasteiger partial charge on any atom is -0.351 e. The summed E-state index contributed by atoms with van der Waals surface area (Å²) in [6.07, 6.45) is 4.10. The highest BCUT2D eigenvalue weighted by molar-refractivity contribution is 5.82. The van der Waals surface area contributed by atoms with Crippen molar-refractivity contribution in [2.24, 2.45) is 0 Å². The van der Waals surface area contributed by atoms with Gasteiger partial charge < -0.3 is 5.32 Å². The Hall–Kier alpha value is -1.34. The second-order valence-electron chi connectivity index (χ2n) is 3.64. The van der Waals surface area contributed by atoms with Crippen molar-refractivity contribution >= 4 is 5.91 Å². The molecule has 1 atom stereocenters. The van der Waals surface area contributed by atoms with Crippen molar-refractivity contribution in [2.45, 2.75) is 25.3 Å². The summed E-state index contributed by atoms with van der Waals surface area (Å²) in [7, 11) is 0. The monoisotopic (exact) mass is 207 g/mol. The third-order valence-corrected chi connectivity index (χ3v) is 2.60. The summed E-state index contributed by atoms with van der Waals surface area (Å²) < 4.78 is 0. The minimum absolute atomic E-state index is 0.0432. The van der Waals surface area contributed by atoms with E-state index in [4.69, 9.17) is 5.26 Å². The van der Waals surface area contributed by atoms with Crippen LogP contribution in [0.1, 0.15) is 19.3 Å². The topological polar surface area (TPSA) is 56.1 Å². The van der Waals surface area contributed by atoms with Gasteiger partial charge in [0.1, 0.15) is 0 Å². The van der Waals surface area contributed by atoms with Gasteiger partial charge in [0.25, 0.3) is 0 Å². The molecule has 82 valence electrons. The van der Waals surface area contributed by atoms with Crippen LogP contribution in [0.5, 0.6) is 0 Å². The first kappa shape index (κ1) is 11.7. The standard InChI is InChI=1S/C11H17N3O/c1-2-7-13-11(15)10-5-3-8-14(10)9-4-6-12/h2,10H,1,3-5,7-9H2,(H,13,15)/t10-/m0/s1. The Morgan fingerprint density at radius 1 is 1.73 bits per heavy atom. The Labute approximate surface area is 90.6 Å². The lowest BCUT2D eigenvalue weighted by Gasteiger charge is -2.22. The first-order chi connectivity index (χ1) is 7.29. The van der Waals surface area contributed by atoms with Crippen LogP contribution in [0.25, 0.3) is 0 Å². The molecule has 1 amide bonds. The smallest absolute Gasteiger partial charge is 0.237 e. The number of likely N-dealkylation sites (tertiary alicyclic amines) is 1. The molecule has 1 aliphatic heterocycles. The zero-order valence-corrected chi connectivity index (χ0v) is 8.91. The lowest BCUT2D eigenvalue weighted by atomic mass is 10.2. The van der Waals surface area contributed by atoms with Crippen LogP contribution in [0, 0.1) is 11.3 Å². The minimum atomic E-state index is -0.0432. The van der Waals surface area contributed by atoms with E-state index in [2.05, 4.69) is 22.9 Å². The maximum atomic E-state index is 11.7. The molecule has 15 heavy (non-hydrogen) atoms. The van der Waals surface area contributed by atoms with E-state index in [0.29, 0.717) is 19.5 Å². The van der Waals surface area contributed by atoms with Gasteiger partial charge in [0.15, 0.2) is 0 Å². The quantitative estimate of drug-likeness (QED) is 0.674. The van der Waals surface area contributed by atoms with Gasteiger partial charge in [-0.15, -0.1) is 6.58 Å². The number of carbonyl (C=O) groups excluding carboxylic acids is 1. The maximum Gasteiger partial charge on any atom is 0.237 e. The number of hydrogen-bond acceptors (Lipinski definition) is 3. The van der Waals surface area contributed by atoms with Crippen LogP contribution in [0.3, 0.4) is 0 Å². The molecule has 1 N–H and O–H groups in total. The van der Waals surface area contributed by atoms with Crippen LogP contribution in [-0.4, -0.2) is 36.5 Å². The van der Waals surface area contributed by atoms with Gasteiger partial charge in [0.05, 0.1) is 12.1 Å². The fraction of sp³-hybridized carbons (Fsp3) is 0.636. The molecule has 0 aromatic heterocycles. The molecule has 0 bridgehead atoms. The molecule has 1 rings (SSSR count). The maximum absolute atomic E-state index is 11.7. The third-order valence-electron chi connectivity index (χ3n) is 2.60. The van der Waals surface area contributed by atoms with E-state index in [1.807, 2.05) is 0 Å². The highest BCUT2D eigenvalue weighted by atomic mass is 16.2. The number of nitrogens with zero attached hydrogens (tertiary/aromatic N) is 2. The number of carbonyl (C=O) groups is 1.